The van der Waals surface area contributed by atoms with E-state index in [9.17, 15) is 19.7 Å². The molecule has 0 aliphatic carbocycles. The SMILES string of the molecule is CC[C@@H](C)c1ccccc1NC(=O)[C@H](C)OC(=O)COc1ccc([N+](=O)[O-])cc1. The van der Waals surface area contributed by atoms with Crippen LogP contribution in [0.25, 0.3) is 0 Å². The number of anilines is 1. The van der Waals surface area contributed by atoms with E-state index >= 15 is 0 Å². The number of hydrogen-bond donors (Lipinski definition) is 1. The molecule has 0 saturated carbocycles. The molecule has 2 rings (SSSR count). The van der Waals surface area contributed by atoms with Crippen LogP contribution >= 0.6 is 0 Å². The largest absolute Gasteiger partial charge is 0.482 e. The number of ether oxygens (including phenoxy) is 2. The number of rotatable bonds is 9. The molecule has 0 saturated heterocycles. The number of non-ortho nitro benzene ring substituents is 1. The predicted octanol–water partition coefficient (Wildman–Crippen LogP) is 4.06. The molecule has 0 radical (unpaired) electrons. The van der Waals surface area contributed by atoms with Gasteiger partial charge in [0.25, 0.3) is 11.6 Å². The molecular formula is C21H24N2O6. The van der Waals surface area contributed by atoms with Gasteiger partial charge in [0.1, 0.15) is 5.75 Å². The summed E-state index contributed by atoms with van der Waals surface area (Å²) in [5.41, 5.74) is 1.63. The lowest BCUT2D eigenvalue weighted by atomic mass is 9.97. The van der Waals surface area contributed by atoms with Crippen LogP contribution in [0.1, 0.15) is 38.7 Å². The maximum absolute atomic E-state index is 12.4. The second-order valence-electron chi connectivity index (χ2n) is 6.56. The van der Waals surface area contributed by atoms with Crippen molar-refractivity contribution >= 4 is 23.3 Å². The van der Waals surface area contributed by atoms with Crippen molar-refractivity contribution in [2.45, 2.75) is 39.2 Å². The summed E-state index contributed by atoms with van der Waals surface area (Å²) in [6.07, 6.45) is -0.0785. The maximum Gasteiger partial charge on any atom is 0.344 e. The summed E-state index contributed by atoms with van der Waals surface area (Å²) in [5.74, 6) is -0.600. The number of carbonyl (C=O) groups excluding carboxylic acids is 2. The quantitative estimate of drug-likeness (QED) is 0.386. The van der Waals surface area contributed by atoms with Gasteiger partial charge < -0.3 is 14.8 Å². The Labute approximate surface area is 169 Å². The van der Waals surface area contributed by atoms with Gasteiger partial charge in [0.2, 0.25) is 0 Å². The molecule has 0 unspecified atom stereocenters. The Kier molecular flexibility index (Phi) is 7.70. The molecule has 0 aliphatic rings. The Morgan fingerprint density at radius 2 is 1.76 bits per heavy atom. The van der Waals surface area contributed by atoms with E-state index in [1.807, 2.05) is 24.3 Å². The average Bonchev–Trinajstić information content (AvgIpc) is 2.72. The minimum Gasteiger partial charge on any atom is -0.482 e. The number of hydrogen-bond acceptors (Lipinski definition) is 6. The topological polar surface area (TPSA) is 108 Å². The Morgan fingerprint density at radius 3 is 2.38 bits per heavy atom. The fraction of sp³-hybridized carbons (Fsp3) is 0.333. The Balaban J connectivity index is 1.87. The summed E-state index contributed by atoms with van der Waals surface area (Å²) in [7, 11) is 0. The monoisotopic (exact) mass is 400 g/mol. The van der Waals surface area contributed by atoms with E-state index < -0.39 is 29.5 Å². The molecule has 29 heavy (non-hydrogen) atoms. The van der Waals surface area contributed by atoms with Gasteiger partial charge in [-0.2, -0.15) is 0 Å². The molecule has 1 N–H and O–H groups in total. The van der Waals surface area contributed by atoms with Gasteiger partial charge in [-0.15, -0.1) is 0 Å². The third-order valence-corrected chi connectivity index (χ3v) is 4.44. The first kappa shape index (κ1) is 21.9. The lowest BCUT2D eigenvalue weighted by Gasteiger charge is -2.18. The van der Waals surface area contributed by atoms with Gasteiger partial charge in [-0.3, -0.25) is 14.9 Å². The van der Waals surface area contributed by atoms with Crippen LogP contribution in [0.2, 0.25) is 0 Å². The predicted molar refractivity (Wildman–Crippen MR) is 108 cm³/mol. The van der Waals surface area contributed by atoms with Gasteiger partial charge in [-0.1, -0.05) is 32.0 Å². The highest BCUT2D eigenvalue weighted by Gasteiger charge is 2.20. The van der Waals surface area contributed by atoms with Crippen molar-refractivity contribution in [2.75, 3.05) is 11.9 Å². The number of nitro groups is 1. The molecule has 2 aromatic carbocycles. The first-order chi connectivity index (χ1) is 13.8. The summed E-state index contributed by atoms with van der Waals surface area (Å²) >= 11 is 0. The number of para-hydroxylation sites is 1. The van der Waals surface area contributed by atoms with Gasteiger partial charge in [-0.05, 0) is 43.0 Å². The van der Waals surface area contributed by atoms with Crippen molar-refractivity contribution in [2.24, 2.45) is 0 Å². The molecule has 0 aromatic heterocycles. The first-order valence-corrected chi connectivity index (χ1v) is 9.28. The average molecular weight is 400 g/mol. The van der Waals surface area contributed by atoms with E-state index in [2.05, 4.69) is 19.2 Å². The number of amides is 1. The lowest BCUT2D eigenvalue weighted by Crippen LogP contribution is -2.32. The fourth-order valence-corrected chi connectivity index (χ4v) is 2.59. The smallest absolute Gasteiger partial charge is 0.344 e. The van der Waals surface area contributed by atoms with E-state index in [-0.39, 0.29) is 17.4 Å². The van der Waals surface area contributed by atoms with Crippen molar-refractivity contribution in [3.63, 3.8) is 0 Å². The van der Waals surface area contributed by atoms with Crippen molar-refractivity contribution in [1.29, 1.82) is 0 Å². The number of carbonyl (C=O) groups is 2. The van der Waals surface area contributed by atoms with Crippen LogP contribution in [0, 0.1) is 10.1 Å². The zero-order chi connectivity index (χ0) is 21.4. The van der Waals surface area contributed by atoms with Gasteiger partial charge >= 0.3 is 5.97 Å². The van der Waals surface area contributed by atoms with Crippen molar-refractivity contribution in [3.8, 4) is 5.75 Å². The molecule has 8 heteroatoms. The summed E-state index contributed by atoms with van der Waals surface area (Å²) < 4.78 is 10.3. The van der Waals surface area contributed by atoms with E-state index in [1.165, 1.54) is 31.2 Å². The first-order valence-electron chi connectivity index (χ1n) is 9.28. The molecule has 0 fully saturated rings. The van der Waals surface area contributed by atoms with Crippen LogP contribution in [0.15, 0.2) is 48.5 Å². The van der Waals surface area contributed by atoms with Crippen LogP contribution in [0.3, 0.4) is 0 Å². The van der Waals surface area contributed by atoms with Crippen LogP contribution in [0.4, 0.5) is 11.4 Å². The Morgan fingerprint density at radius 1 is 1.10 bits per heavy atom. The molecule has 1 amide bonds. The summed E-state index contributed by atoms with van der Waals surface area (Å²) in [6.45, 7) is 5.20. The van der Waals surface area contributed by atoms with E-state index in [0.29, 0.717) is 5.69 Å². The van der Waals surface area contributed by atoms with E-state index in [4.69, 9.17) is 9.47 Å². The number of nitrogens with one attached hydrogen (secondary N) is 1. The van der Waals surface area contributed by atoms with E-state index in [1.54, 1.807) is 0 Å². The minimum absolute atomic E-state index is 0.0807. The second kappa shape index (κ2) is 10.2. The highest BCUT2D eigenvalue weighted by molar-refractivity contribution is 5.95. The lowest BCUT2D eigenvalue weighted by molar-refractivity contribution is -0.384. The number of nitrogens with zero attached hydrogens (tertiary/aromatic N) is 1. The standard InChI is InChI=1S/C21H24N2O6/c1-4-14(2)18-7-5-6-8-19(18)22-21(25)15(3)29-20(24)13-28-17-11-9-16(10-12-17)23(26)27/h5-12,14-15H,4,13H2,1-3H3,(H,22,25)/t14-,15+/m1/s1. The Bertz CT molecular complexity index is 866. The number of nitro benzene ring substituents is 1. The van der Waals surface area contributed by atoms with Gasteiger partial charge in [-0.25, -0.2) is 4.79 Å². The van der Waals surface area contributed by atoms with Gasteiger partial charge in [0.15, 0.2) is 12.7 Å². The molecule has 0 heterocycles. The highest BCUT2D eigenvalue weighted by atomic mass is 16.6. The third kappa shape index (κ3) is 6.31. The molecule has 2 aromatic rings. The Hall–Kier alpha value is -3.42. The van der Waals surface area contributed by atoms with Crippen molar-refractivity contribution in [3.05, 3.63) is 64.2 Å². The van der Waals surface area contributed by atoms with Crippen LogP contribution in [-0.2, 0) is 14.3 Å². The molecule has 8 nitrogen and oxygen atoms in total. The molecule has 0 spiro atoms. The van der Waals surface area contributed by atoms with Crippen molar-refractivity contribution < 1.29 is 24.0 Å². The number of benzene rings is 2. The molecular weight excluding hydrogens is 376 g/mol. The van der Waals surface area contributed by atoms with Crippen LogP contribution in [0.5, 0.6) is 5.75 Å². The van der Waals surface area contributed by atoms with Crippen LogP contribution in [-0.4, -0.2) is 29.5 Å². The maximum atomic E-state index is 12.4. The minimum atomic E-state index is -1.01. The van der Waals surface area contributed by atoms with Crippen molar-refractivity contribution in [1.82, 2.24) is 0 Å². The zero-order valence-corrected chi connectivity index (χ0v) is 16.6. The summed E-state index contributed by atoms with van der Waals surface area (Å²) in [5, 5.41) is 13.4. The summed E-state index contributed by atoms with van der Waals surface area (Å²) in [4.78, 5) is 34.4. The normalized spacial score (nSPS) is 12.5. The van der Waals surface area contributed by atoms with Gasteiger partial charge in [0.05, 0.1) is 4.92 Å². The third-order valence-electron chi connectivity index (χ3n) is 4.44. The van der Waals surface area contributed by atoms with E-state index in [0.717, 1.165) is 12.0 Å². The molecule has 154 valence electrons. The molecule has 0 bridgehead atoms. The second-order valence-corrected chi connectivity index (χ2v) is 6.56. The summed E-state index contributed by atoms with van der Waals surface area (Å²) in [6, 6.07) is 12.8. The fourth-order valence-electron chi connectivity index (χ4n) is 2.59. The van der Waals surface area contributed by atoms with Gasteiger partial charge in [0, 0.05) is 17.8 Å². The van der Waals surface area contributed by atoms with Crippen LogP contribution < -0.4 is 10.1 Å². The number of esters is 1. The highest BCUT2D eigenvalue weighted by Crippen LogP contribution is 2.26. The molecule has 2 atom stereocenters. The zero-order valence-electron chi connectivity index (χ0n) is 16.6. The molecule has 0 aliphatic heterocycles.